The third-order valence-corrected chi connectivity index (χ3v) is 4.66. The van der Waals surface area contributed by atoms with Gasteiger partial charge in [0, 0.05) is 32.3 Å². The van der Waals surface area contributed by atoms with Gasteiger partial charge < -0.3 is 5.32 Å². The molecule has 9 nitrogen and oxygen atoms in total. The summed E-state index contributed by atoms with van der Waals surface area (Å²) in [5, 5.41) is 3.37. The highest BCUT2D eigenvalue weighted by molar-refractivity contribution is 7.98. The van der Waals surface area contributed by atoms with Crippen molar-refractivity contribution in [2.75, 3.05) is 12.8 Å². The van der Waals surface area contributed by atoms with Crippen LogP contribution in [0.15, 0.2) is 40.8 Å². The van der Waals surface area contributed by atoms with Crippen LogP contribution in [-0.2, 0) is 13.5 Å². The molecule has 11 heteroatoms. The van der Waals surface area contributed by atoms with E-state index in [1.165, 1.54) is 34.9 Å². The third-order valence-electron chi connectivity index (χ3n) is 3.83. The molecule has 0 aliphatic carbocycles. The number of rotatable bonds is 6. The van der Waals surface area contributed by atoms with Gasteiger partial charge in [0.1, 0.15) is 12.2 Å². The van der Waals surface area contributed by atoms with Gasteiger partial charge in [0.2, 0.25) is 0 Å². The zero-order valence-corrected chi connectivity index (χ0v) is 16.7. The lowest BCUT2D eigenvalue weighted by Gasteiger charge is -2.10. The minimum absolute atomic E-state index is 0.109. The van der Waals surface area contributed by atoms with E-state index in [1.807, 2.05) is 6.26 Å². The van der Waals surface area contributed by atoms with Crippen LogP contribution in [0.25, 0.3) is 11.4 Å². The molecule has 0 aromatic carbocycles. The molecule has 0 saturated heterocycles. The third kappa shape index (κ3) is 4.52. The van der Waals surface area contributed by atoms with Gasteiger partial charge in [0.15, 0.2) is 10.9 Å². The highest BCUT2D eigenvalue weighted by atomic mass is 35.5. The van der Waals surface area contributed by atoms with Gasteiger partial charge in [-0.3, -0.25) is 14.2 Å². The van der Waals surface area contributed by atoms with Crippen molar-refractivity contribution in [3.63, 3.8) is 0 Å². The Hall–Kier alpha value is -2.85. The fourth-order valence-corrected chi connectivity index (χ4v) is 2.88. The summed E-state index contributed by atoms with van der Waals surface area (Å²) in [5.74, 6) is 0.0969. The minimum atomic E-state index is -0.417. The summed E-state index contributed by atoms with van der Waals surface area (Å²) in [6, 6.07) is 3.09. The normalized spacial score (nSPS) is 10.7. The second-order valence-corrected chi connectivity index (χ2v) is 6.79. The zero-order valence-electron chi connectivity index (χ0n) is 15.1. The van der Waals surface area contributed by atoms with E-state index in [2.05, 4.69) is 30.2 Å². The molecule has 0 aliphatic rings. The van der Waals surface area contributed by atoms with Crippen LogP contribution in [0.1, 0.15) is 16.3 Å². The van der Waals surface area contributed by atoms with Crippen LogP contribution >= 0.6 is 23.4 Å². The molecule has 144 valence electrons. The lowest BCUT2D eigenvalue weighted by molar-refractivity contribution is 0.0948. The lowest BCUT2D eigenvalue weighted by Crippen LogP contribution is -2.30. The predicted octanol–water partition coefficient (Wildman–Crippen LogP) is 1.38. The fraction of sp³-hybridized carbons (Fsp3) is 0.235. The number of nitrogens with one attached hydrogen (secondary N) is 1. The Labute approximate surface area is 169 Å². The van der Waals surface area contributed by atoms with E-state index in [4.69, 9.17) is 11.6 Å². The molecule has 3 aromatic heterocycles. The first-order valence-corrected chi connectivity index (χ1v) is 9.78. The van der Waals surface area contributed by atoms with Crippen LogP contribution in [0.5, 0.6) is 0 Å². The Morgan fingerprint density at radius 1 is 1.29 bits per heavy atom. The number of aromatic nitrogens is 6. The molecule has 1 N–H and O–H groups in total. The number of halogens is 1. The van der Waals surface area contributed by atoms with Gasteiger partial charge in [-0.05, 0) is 12.3 Å². The SMILES string of the molecule is CSc1ncc(Cl)c(C(=O)NCCc2nc(-c3ccncn3)cc(=O)n2C)n1. The first-order chi connectivity index (χ1) is 13.5. The molecule has 0 bridgehead atoms. The number of hydrogen-bond acceptors (Lipinski definition) is 8. The van der Waals surface area contributed by atoms with Crippen LogP contribution in [-0.4, -0.2) is 48.2 Å². The first kappa shape index (κ1) is 19.9. The summed E-state index contributed by atoms with van der Waals surface area (Å²) < 4.78 is 1.43. The Kier molecular flexibility index (Phi) is 6.32. The molecule has 0 spiro atoms. The van der Waals surface area contributed by atoms with E-state index in [0.29, 0.717) is 28.8 Å². The largest absolute Gasteiger partial charge is 0.350 e. The molecule has 3 heterocycles. The smallest absolute Gasteiger partial charge is 0.271 e. The summed E-state index contributed by atoms with van der Waals surface area (Å²) in [6.45, 7) is 0.251. The quantitative estimate of drug-likeness (QED) is 0.472. The molecule has 28 heavy (non-hydrogen) atoms. The van der Waals surface area contributed by atoms with Crippen molar-refractivity contribution in [2.45, 2.75) is 11.6 Å². The van der Waals surface area contributed by atoms with Crippen molar-refractivity contribution in [2.24, 2.45) is 7.05 Å². The average Bonchev–Trinajstić information content (AvgIpc) is 2.71. The maximum Gasteiger partial charge on any atom is 0.271 e. The Morgan fingerprint density at radius 2 is 2.11 bits per heavy atom. The molecule has 0 aliphatic heterocycles. The average molecular weight is 418 g/mol. The Morgan fingerprint density at radius 3 is 2.82 bits per heavy atom. The van der Waals surface area contributed by atoms with Crippen molar-refractivity contribution in [3.05, 3.63) is 57.7 Å². The Bertz CT molecular complexity index is 1060. The molecule has 0 fully saturated rings. The second-order valence-electron chi connectivity index (χ2n) is 5.61. The summed E-state index contributed by atoms with van der Waals surface area (Å²) in [4.78, 5) is 45.2. The standard InChI is InChI=1S/C17H16ClN7O2S/c1-25-13(23-12(7-14(25)26)11-3-5-19-9-22-11)4-6-20-16(27)15-10(18)8-21-17(24-15)28-2/h3,5,7-9H,4,6H2,1-2H3,(H,20,27). The highest BCUT2D eigenvalue weighted by Crippen LogP contribution is 2.16. The summed E-state index contributed by atoms with van der Waals surface area (Å²) in [6.07, 6.45) is 6.51. The van der Waals surface area contributed by atoms with Crippen molar-refractivity contribution in [1.29, 1.82) is 0 Å². The van der Waals surface area contributed by atoms with Crippen LogP contribution in [0.3, 0.4) is 0 Å². The van der Waals surface area contributed by atoms with Gasteiger partial charge >= 0.3 is 0 Å². The Balaban J connectivity index is 1.74. The number of amides is 1. The van der Waals surface area contributed by atoms with Crippen molar-refractivity contribution in [3.8, 4) is 11.4 Å². The molecule has 0 saturated carbocycles. The van der Waals surface area contributed by atoms with Gasteiger partial charge in [-0.2, -0.15) is 0 Å². The number of thioether (sulfide) groups is 1. The lowest BCUT2D eigenvalue weighted by atomic mass is 10.2. The maximum absolute atomic E-state index is 12.4. The van der Waals surface area contributed by atoms with Crippen LogP contribution in [0.4, 0.5) is 0 Å². The number of hydrogen-bond donors (Lipinski definition) is 1. The molecule has 0 unspecified atom stereocenters. The van der Waals surface area contributed by atoms with Crippen LogP contribution in [0.2, 0.25) is 5.02 Å². The molecular weight excluding hydrogens is 402 g/mol. The highest BCUT2D eigenvalue weighted by Gasteiger charge is 2.14. The maximum atomic E-state index is 12.4. The van der Waals surface area contributed by atoms with Gasteiger partial charge in [0.05, 0.1) is 22.6 Å². The fourth-order valence-electron chi connectivity index (χ4n) is 2.36. The van der Waals surface area contributed by atoms with Crippen molar-refractivity contribution in [1.82, 2.24) is 34.8 Å². The molecule has 3 rings (SSSR count). The monoisotopic (exact) mass is 417 g/mol. The second kappa shape index (κ2) is 8.89. The van der Waals surface area contributed by atoms with Crippen LogP contribution in [0, 0.1) is 0 Å². The van der Waals surface area contributed by atoms with Gasteiger partial charge in [-0.25, -0.2) is 24.9 Å². The number of carbonyl (C=O) groups is 1. The van der Waals surface area contributed by atoms with E-state index in [-0.39, 0.29) is 22.8 Å². The van der Waals surface area contributed by atoms with Gasteiger partial charge in [-0.1, -0.05) is 23.4 Å². The van der Waals surface area contributed by atoms with E-state index >= 15 is 0 Å². The number of nitrogens with zero attached hydrogens (tertiary/aromatic N) is 6. The summed E-state index contributed by atoms with van der Waals surface area (Å²) in [7, 11) is 1.63. The summed E-state index contributed by atoms with van der Waals surface area (Å²) >= 11 is 7.33. The molecular formula is C17H16ClN7O2S. The van der Waals surface area contributed by atoms with E-state index < -0.39 is 5.91 Å². The van der Waals surface area contributed by atoms with Crippen molar-refractivity contribution < 1.29 is 4.79 Å². The minimum Gasteiger partial charge on any atom is -0.350 e. The van der Waals surface area contributed by atoms with E-state index in [1.54, 1.807) is 19.3 Å². The molecule has 0 radical (unpaired) electrons. The van der Waals surface area contributed by atoms with Crippen LogP contribution < -0.4 is 10.9 Å². The first-order valence-electron chi connectivity index (χ1n) is 8.17. The molecule has 1 amide bonds. The molecule has 0 atom stereocenters. The topological polar surface area (TPSA) is 116 Å². The predicted molar refractivity (Wildman–Crippen MR) is 105 cm³/mol. The van der Waals surface area contributed by atoms with Gasteiger partial charge in [-0.15, -0.1) is 0 Å². The van der Waals surface area contributed by atoms with E-state index in [0.717, 1.165) is 0 Å². The molecule has 3 aromatic rings. The summed E-state index contributed by atoms with van der Waals surface area (Å²) in [5.41, 5.74) is 0.900. The number of carbonyl (C=O) groups excluding carboxylic acids is 1. The zero-order chi connectivity index (χ0) is 20.1. The van der Waals surface area contributed by atoms with Gasteiger partial charge in [0.25, 0.3) is 11.5 Å². The van der Waals surface area contributed by atoms with Crippen molar-refractivity contribution >= 4 is 29.3 Å². The van der Waals surface area contributed by atoms with E-state index in [9.17, 15) is 9.59 Å².